The van der Waals surface area contributed by atoms with Gasteiger partial charge in [0.05, 0.1) is 0 Å². The number of aryl methyl sites for hydroxylation is 2. The summed E-state index contributed by atoms with van der Waals surface area (Å²) in [7, 11) is 0. The summed E-state index contributed by atoms with van der Waals surface area (Å²) in [4.78, 5) is 28.2. The average Bonchev–Trinajstić information content (AvgIpc) is 2.74. The third-order valence-corrected chi connectivity index (χ3v) is 5.73. The molecule has 1 fully saturated rings. The number of rotatable bonds is 6. The number of anilines is 1. The maximum Gasteiger partial charge on any atom is 0.248 e. The van der Waals surface area contributed by atoms with Crippen LogP contribution in [0.1, 0.15) is 68.2 Å². The van der Waals surface area contributed by atoms with Gasteiger partial charge >= 0.3 is 0 Å². The third kappa shape index (κ3) is 5.26. The Bertz CT molecular complexity index is 821. The zero-order valence-electron chi connectivity index (χ0n) is 17.8. The minimum absolute atomic E-state index is 0.0572. The van der Waals surface area contributed by atoms with Gasteiger partial charge in [-0.1, -0.05) is 73.7 Å². The topological polar surface area (TPSA) is 49.4 Å². The van der Waals surface area contributed by atoms with Crippen LogP contribution in [-0.2, 0) is 9.59 Å². The number of nitrogens with zero attached hydrogens (tertiary/aromatic N) is 1. The van der Waals surface area contributed by atoms with E-state index in [1.54, 1.807) is 4.90 Å². The molecule has 0 radical (unpaired) electrons. The third-order valence-electron chi connectivity index (χ3n) is 5.73. The van der Waals surface area contributed by atoms with Gasteiger partial charge in [-0.15, -0.1) is 0 Å². The molecule has 29 heavy (non-hydrogen) atoms. The van der Waals surface area contributed by atoms with Crippen molar-refractivity contribution in [3.63, 3.8) is 0 Å². The SMILES string of the molecule is CCC(=O)N(c1ccc(C)cc1)C(C(=O)NC1CCCCC1)c1ccc(C)cc1. The lowest BCUT2D eigenvalue weighted by Crippen LogP contribution is -2.47. The number of hydrogen-bond donors (Lipinski definition) is 1. The van der Waals surface area contributed by atoms with E-state index >= 15 is 0 Å². The molecule has 154 valence electrons. The Morgan fingerprint density at radius 2 is 1.48 bits per heavy atom. The largest absolute Gasteiger partial charge is 0.351 e. The summed E-state index contributed by atoms with van der Waals surface area (Å²) in [5.74, 6) is -0.152. The highest BCUT2D eigenvalue weighted by atomic mass is 16.2. The van der Waals surface area contributed by atoms with E-state index in [0.717, 1.165) is 48.1 Å². The van der Waals surface area contributed by atoms with Crippen LogP contribution in [0.3, 0.4) is 0 Å². The van der Waals surface area contributed by atoms with Crippen LogP contribution < -0.4 is 10.2 Å². The molecule has 2 aromatic carbocycles. The van der Waals surface area contributed by atoms with E-state index < -0.39 is 6.04 Å². The predicted octanol–water partition coefficient (Wildman–Crippen LogP) is 5.24. The molecule has 4 nitrogen and oxygen atoms in total. The molecule has 3 rings (SSSR count). The minimum Gasteiger partial charge on any atom is -0.351 e. The summed E-state index contributed by atoms with van der Waals surface area (Å²) < 4.78 is 0. The fourth-order valence-corrected chi connectivity index (χ4v) is 4.01. The Kier molecular flexibility index (Phi) is 7.08. The molecule has 1 atom stereocenters. The van der Waals surface area contributed by atoms with Crippen molar-refractivity contribution in [1.29, 1.82) is 0 Å². The molecule has 2 amide bonds. The van der Waals surface area contributed by atoms with E-state index in [-0.39, 0.29) is 17.9 Å². The zero-order chi connectivity index (χ0) is 20.8. The molecule has 0 saturated heterocycles. The molecule has 0 aromatic heterocycles. The van der Waals surface area contributed by atoms with Crippen LogP contribution in [-0.4, -0.2) is 17.9 Å². The van der Waals surface area contributed by atoms with Gasteiger partial charge in [0.25, 0.3) is 0 Å². The Morgan fingerprint density at radius 3 is 2.03 bits per heavy atom. The first-order chi connectivity index (χ1) is 14.0. The number of carbonyl (C=O) groups excluding carboxylic acids is 2. The molecule has 4 heteroatoms. The van der Waals surface area contributed by atoms with Gasteiger partial charge < -0.3 is 5.32 Å². The zero-order valence-corrected chi connectivity index (χ0v) is 17.8. The minimum atomic E-state index is -0.673. The van der Waals surface area contributed by atoms with Crippen LogP contribution in [0.15, 0.2) is 48.5 Å². The number of hydrogen-bond acceptors (Lipinski definition) is 2. The van der Waals surface area contributed by atoms with Gasteiger partial charge in [-0.2, -0.15) is 0 Å². The molecule has 1 aliphatic rings. The summed E-state index contributed by atoms with van der Waals surface area (Å²) in [6, 6.07) is 15.3. The summed E-state index contributed by atoms with van der Waals surface area (Å²) in [6.45, 7) is 5.88. The molecule has 1 saturated carbocycles. The number of nitrogens with one attached hydrogen (secondary N) is 1. The second-order valence-corrected chi connectivity index (χ2v) is 8.11. The quantitative estimate of drug-likeness (QED) is 0.731. The van der Waals surface area contributed by atoms with Gasteiger partial charge in [0.15, 0.2) is 0 Å². The summed E-state index contributed by atoms with van der Waals surface area (Å²) >= 11 is 0. The van der Waals surface area contributed by atoms with Crippen molar-refractivity contribution in [3.8, 4) is 0 Å². The molecular formula is C25H32N2O2. The number of carbonyl (C=O) groups is 2. The fraction of sp³-hybridized carbons (Fsp3) is 0.440. The number of amides is 2. The Labute approximate surface area is 174 Å². The standard InChI is InChI=1S/C25H32N2O2/c1-4-23(28)27(22-16-12-19(3)13-17-22)24(20-14-10-18(2)11-15-20)25(29)26-21-8-6-5-7-9-21/h10-17,21,24H,4-9H2,1-3H3,(H,26,29). The van der Waals surface area contributed by atoms with Crippen LogP contribution in [0.2, 0.25) is 0 Å². The van der Waals surface area contributed by atoms with Crippen LogP contribution in [0, 0.1) is 13.8 Å². The first kappa shape index (κ1) is 21.1. The van der Waals surface area contributed by atoms with Gasteiger partial charge in [0.2, 0.25) is 11.8 Å². The van der Waals surface area contributed by atoms with Crippen LogP contribution >= 0.6 is 0 Å². The van der Waals surface area contributed by atoms with E-state index in [1.165, 1.54) is 6.42 Å². The Hall–Kier alpha value is -2.62. The van der Waals surface area contributed by atoms with Crippen LogP contribution in [0.4, 0.5) is 5.69 Å². The monoisotopic (exact) mass is 392 g/mol. The first-order valence-electron chi connectivity index (χ1n) is 10.7. The van der Waals surface area contributed by atoms with Crippen molar-refractivity contribution < 1.29 is 9.59 Å². The second-order valence-electron chi connectivity index (χ2n) is 8.11. The van der Waals surface area contributed by atoms with E-state index in [9.17, 15) is 9.59 Å². The maximum absolute atomic E-state index is 13.5. The van der Waals surface area contributed by atoms with Gasteiger partial charge in [0.1, 0.15) is 6.04 Å². The van der Waals surface area contributed by atoms with Crippen LogP contribution in [0.25, 0.3) is 0 Å². The highest BCUT2D eigenvalue weighted by Crippen LogP contribution is 2.30. The molecule has 1 unspecified atom stereocenters. The van der Waals surface area contributed by atoms with Crippen molar-refractivity contribution in [2.24, 2.45) is 0 Å². The summed E-state index contributed by atoms with van der Waals surface area (Å²) in [5, 5.41) is 3.24. The highest BCUT2D eigenvalue weighted by Gasteiger charge is 2.33. The van der Waals surface area contributed by atoms with Gasteiger partial charge in [-0.05, 0) is 44.4 Å². The number of benzene rings is 2. The molecule has 0 bridgehead atoms. The lowest BCUT2D eigenvalue weighted by molar-refractivity contribution is -0.127. The molecule has 0 spiro atoms. The summed E-state index contributed by atoms with van der Waals surface area (Å²) in [5.41, 5.74) is 3.85. The lowest BCUT2D eigenvalue weighted by atomic mass is 9.94. The van der Waals surface area contributed by atoms with E-state index in [4.69, 9.17) is 0 Å². The molecular weight excluding hydrogens is 360 g/mol. The van der Waals surface area contributed by atoms with Gasteiger partial charge in [0, 0.05) is 18.2 Å². The molecule has 1 aliphatic carbocycles. The predicted molar refractivity (Wildman–Crippen MR) is 118 cm³/mol. The molecule has 0 aliphatic heterocycles. The lowest BCUT2D eigenvalue weighted by Gasteiger charge is -2.33. The van der Waals surface area contributed by atoms with E-state index in [1.807, 2.05) is 69.3 Å². The average molecular weight is 393 g/mol. The molecule has 0 heterocycles. The maximum atomic E-state index is 13.5. The smallest absolute Gasteiger partial charge is 0.248 e. The second kappa shape index (κ2) is 9.73. The van der Waals surface area contributed by atoms with Gasteiger partial charge in [-0.25, -0.2) is 0 Å². The molecule has 1 N–H and O–H groups in total. The van der Waals surface area contributed by atoms with Crippen molar-refractivity contribution in [2.75, 3.05) is 4.90 Å². The highest BCUT2D eigenvalue weighted by molar-refractivity contribution is 6.01. The van der Waals surface area contributed by atoms with Crippen molar-refractivity contribution in [2.45, 2.75) is 71.4 Å². The van der Waals surface area contributed by atoms with Crippen molar-refractivity contribution in [1.82, 2.24) is 5.32 Å². The van der Waals surface area contributed by atoms with Crippen LogP contribution in [0.5, 0.6) is 0 Å². The van der Waals surface area contributed by atoms with E-state index in [0.29, 0.717) is 6.42 Å². The van der Waals surface area contributed by atoms with Crippen molar-refractivity contribution in [3.05, 3.63) is 65.2 Å². The normalized spacial score (nSPS) is 15.6. The van der Waals surface area contributed by atoms with E-state index in [2.05, 4.69) is 5.32 Å². The molecule has 2 aromatic rings. The van der Waals surface area contributed by atoms with Crippen molar-refractivity contribution >= 4 is 17.5 Å². The Balaban J connectivity index is 2.00. The summed E-state index contributed by atoms with van der Waals surface area (Å²) in [6.07, 6.45) is 5.90. The Morgan fingerprint density at radius 1 is 0.931 bits per heavy atom. The van der Waals surface area contributed by atoms with Gasteiger partial charge in [-0.3, -0.25) is 14.5 Å². The first-order valence-corrected chi connectivity index (χ1v) is 10.7. The fourth-order valence-electron chi connectivity index (χ4n) is 4.01.